The van der Waals surface area contributed by atoms with E-state index >= 15 is 0 Å². The average molecular weight is 634 g/mol. The largest absolute Gasteiger partial charge is 0.416 e. The van der Waals surface area contributed by atoms with Crippen LogP contribution < -0.4 is 0 Å². The first kappa shape index (κ1) is 32.6. The molecular weight excluding hydrogens is 598 g/mol. The van der Waals surface area contributed by atoms with E-state index in [1.54, 1.807) is 0 Å². The van der Waals surface area contributed by atoms with Crippen LogP contribution in [-0.2, 0) is 34.0 Å². The zero-order valence-electron chi connectivity index (χ0n) is 24.1. The number of halogens is 8. The number of benzene rings is 2. The molecule has 0 bridgehead atoms. The first-order valence-corrected chi connectivity index (χ1v) is 14.9. The lowest BCUT2D eigenvalue weighted by molar-refractivity contribution is -0.169. The topological polar surface area (TPSA) is 36.0 Å². The van der Waals surface area contributed by atoms with Gasteiger partial charge in [0, 0.05) is 19.1 Å². The molecule has 5 rings (SSSR count). The molecule has 242 valence electrons. The van der Waals surface area contributed by atoms with Crippen molar-refractivity contribution in [2.45, 2.75) is 69.1 Å². The van der Waals surface area contributed by atoms with Gasteiger partial charge in [-0.3, -0.25) is 4.79 Å². The Hall–Kier alpha value is -2.77. The Morgan fingerprint density at radius 1 is 0.818 bits per heavy atom. The molecule has 2 aromatic rings. The van der Waals surface area contributed by atoms with Crippen molar-refractivity contribution in [1.82, 2.24) is 14.7 Å². The van der Waals surface area contributed by atoms with E-state index in [1.165, 1.54) is 25.3 Å². The van der Waals surface area contributed by atoms with Crippen LogP contribution in [0.1, 0.15) is 60.8 Å². The zero-order valence-corrected chi connectivity index (χ0v) is 24.1. The number of piperidine rings is 2. The first-order valence-electron chi connectivity index (χ1n) is 14.9. The van der Waals surface area contributed by atoms with E-state index in [0.29, 0.717) is 24.7 Å². The maximum Gasteiger partial charge on any atom is 0.416 e. The summed E-state index contributed by atoms with van der Waals surface area (Å²) in [5, 5.41) is 0. The molecular formula is C31H35F8N3O2. The maximum atomic E-state index is 14.4. The van der Waals surface area contributed by atoms with Crippen LogP contribution >= 0.6 is 0 Å². The van der Waals surface area contributed by atoms with Crippen LogP contribution in [-0.4, -0.2) is 72.5 Å². The lowest BCUT2D eigenvalue weighted by Gasteiger charge is -2.45. The predicted molar refractivity (Wildman–Crippen MR) is 145 cm³/mol. The second-order valence-electron chi connectivity index (χ2n) is 12.0. The fourth-order valence-electron chi connectivity index (χ4n) is 6.59. The molecule has 1 amide bonds. The summed E-state index contributed by atoms with van der Waals surface area (Å²) >= 11 is 0. The number of hydrogen-bond donors (Lipinski definition) is 0. The second kappa shape index (κ2) is 12.9. The van der Waals surface area contributed by atoms with Gasteiger partial charge in [-0.1, -0.05) is 12.5 Å². The minimum Gasteiger partial charge on any atom is -0.359 e. The van der Waals surface area contributed by atoms with E-state index < -0.39 is 59.8 Å². The van der Waals surface area contributed by atoms with Gasteiger partial charge in [0.2, 0.25) is 5.91 Å². The molecule has 0 aliphatic carbocycles. The van der Waals surface area contributed by atoms with Crippen molar-refractivity contribution in [3.8, 4) is 0 Å². The van der Waals surface area contributed by atoms with Crippen molar-refractivity contribution in [3.63, 3.8) is 0 Å². The fraction of sp³-hybridized carbons (Fsp3) is 0.581. The minimum atomic E-state index is -5.04. The molecule has 2 aromatic carbocycles. The number of carbonyl (C=O) groups excluding carboxylic acids is 1. The summed E-state index contributed by atoms with van der Waals surface area (Å²) in [6, 6.07) is 4.94. The van der Waals surface area contributed by atoms with E-state index in [9.17, 15) is 39.9 Å². The van der Waals surface area contributed by atoms with E-state index in [4.69, 9.17) is 4.74 Å². The quantitative estimate of drug-likeness (QED) is 0.322. The normalized spacial score (nSPS) is 23.4. The Kier molecular flexibility index (Phi) is 9.58. The van der Waals surface area contributed by atoms with Gasteiger partial charge >= 0.3 is 12.4 Å². The average Bonchev–Trinajstić information content (AvgIpc) is 2.99. The SMILES string of the molecule is O=C1COC(CCN2CCC(N3CCCCC3)CC2)(c2ccc(F)c(F)c2)CN1Cc1cc(C(F)(F)F)cc(C(F)(F)F)c1. The monoisotopic (exact) mass is 633 g/mol. The Labute approximate surface area is 250 Å². The van der Waals surface area contributed by atoms with Gasteiger partial charge in [-0.2, -0.15) is 26.3 Å². The highest BCUT2D eigenvalue weighted by Crippen LogP contribution is 2.39. The molecule has 1 unspecified atom stereocenters. The highest BCUT2D eigenvalue weighted by molar-refractivity contribution is 5.78. The summed E-state index contributed by atoms with van der Waals surface area (Å²) in [5.74, 6) is -2.86. The number of ether oxygens (including phenoxy) is 1. The molecule has 0 saturated carbocycles. The fourth-order valence-corrected chi connectivity index (χ4v) is 6.59. The van der Waals surface area contributed by atoms with Crippen LogP contribution in [0, 0.1) is 11.6 Å². The highest BCUT2D eigenvalue weighted by Gasteiger charge is 2.43. The van der Waals surface area contributed by atoms with Gasteiger partial charge < -0.3 is 19.4 Å². The molecule has 1 atom stereocenters. The summed E-state index contributed by atoms with van der Waals surface area (Å²) in [6.45, 7) is 2.94. The van der Waals surface area contributed by atoms with Gasteiger partial charge in [0.15, 0.2) is 11.6 Å². The molecule has 3 aliphatic rings. The standard InChI is InChI=1S/C31H35F8N3O2/c32-26-5-4-22(17-27(26)33)29(8-13-40-11-6-25(7-12-40)41-9-2-1-3-10-41)20-42(28(43)19-44-29)18-21-14-23(30(34,35)36)16-24(15-21)31(37,38)39/h4-5,14-17,25H,1-3,6-13,18-20H2. The third kappa shape index (κ3) is 7.54. The van der Waals surface area contributed by atoms with Gasteiger partial charge in [-0.05, 0) is 99.7 Å². The van der Waals surface area contributed by atoms with Crippen LogP contribution in [0.2, 0.25) is 0 Å². The Morgan fingerprint density at radius 2 is 1.45 bits per heavy atom. The summed E-state index contributed by atoms with van der Waals surface area (Å²) in [6.07, 6.45) is -4.25. The second-order valence-corrected chi connectivity index (χ2v) is 12.0. The van der Waals surface area contributed by atoms with Gasteiger partial charge in [-0.25, -0.2) is 8.78 Å². The number of carbonyl (C=O) groups is 1. The maximum absolute atomic E-state index is 14.4. The molecule has 3 saturated heterocycles. The van der Waals surface area contributed by atoms with Crippen LogP contribution in [0.15, 0.2) is 36.4 Å². The van der Waals surface area contributed by atoms with Crippen molar-refractivity contribution < 1.29 is 44.7 Å². The Morgan fingerprint density at radius 3 is 2.05 bits per heavy atom. The minimum absolute atomic E-state index is 0.0324. The van der Waals surface area contributed by atoms with Crippen molar-refractivity contribution in [2.75, 3.05) is 45.9 Å². The number of hydrogen-bond acceptors (Lipinski definition) is 4. The molecule has 0 spiro atoms. The summed E-state index contributed by atoms with van der Waals surface area (Å²) in [4.78, 5) is 18.8. The zero-order chi connectivity index (χ0) is 31.7. The molecule has 13 heteroatoms. The number of nitrogens with zero attached hydrogens (tertiary/aromatic N) is 3. The Balaban J connectivity index is 1.37. The van der Waals surface area contributed by atoms with Gasteiger partial charge in [0.05, 0.1) is 17.7 Å². The number of rotatable bonds is 7. The number of likely N-dealkylation sites (tertiary alicyclic amines) is 2. The molecule has 0 aromatic heterocycles. The lowest BCUT2D eigenvalue weighted by Crippen LogP contribution is -2.54. The summed E-state index contributed by atoms with van der Waals surface area (Å²) < 4.78 is 115. The summed E-state index contributed by atoms with van der Waals surface area (Å²) in [7, 11) is 0. The number of morpholine rings is 1. The molecule has 3 heterocycles. The summed E-state index contributed by atoms with van der Waals surface area (Å²) in [5.41, 5.74) is -4.45. The van der Waals surface area contributed by atoms with Gasteiger partial charge in [0.25, 0.3) is 0 Å². The molecule has 44 heavy (non-hydrogen) atoms. The molecule has 3 fully saturated rings. The first-order chi connectivity index (χ1) is 20.7. The lowest BCUT2D eigenvalue weighted by atomic mass is 9.87. The van der Waals surface area contributed by atoms with Crippen LogP contribution in [0.3, 0.4) is 0 Å². The van der Waals surface area contributed by atoms with Crippen molar-refractivity contribution in [3.05, 3.63) is 70.3 Å². The predicted octanol–water partition coefficient (Wildman–Crippen LogP) is 6.60. The van der Waals surface area contributed by atoms with Gasteiger partial charge in [0.1, 0.15) is 12.2 Å². The van der Waals surface area contributed by atoms with Crippen molar-refractivity contribution in [2.24, 2.45) is 0 Å². The number of amides is 1. The molecule has 5 nitrogen and oxygen atoms in total. The molecule has 0 N–H and O–H groups in total. The van der Waals surface area contributed by atoms with Crippen LogP contribution in [0.5, 0.6) is 0 Å². The van der Waals surface area contributed by atoms with E-state index in [0.717, 1.165) is 56.1 Å². The van der Waals surface area contributed by atoms with Crippen LogP contribution in [0.4, 0.5) is 35.1 Å². The molecule has 3 aliphatic heterocycles. The van der Waals surface area contributed by atoms with Crippen molar-refractivity contribution in [1.29, 1.82) is 0 Å². The number of alkyl halides is 6. The van der Waals surface area contributed by atoms with E-state index in [2.05, 4.69) is 9.80 Å². The van der Waals surface area contributed by atoms with E-state index in [1.807, 2.05) is 0 Å². The van der Waals surface area contributed by atoms with Crippen LogP contribution in [0.25, 0.3) is 0 Å². The van der Waals surface area contributed by atoms with E-state index in [-0.39, 0.29) is 30.2 Å². The highest BCUT2D eigenvalue weighted by atomic mass is 19.4. The van der Waals surface area contributed by atoms with Crippen molar-refractivity contribution >= 4 is 5.91 Å². The third-order valence-corrected chi connectivity index (χ3v) is 9.03. The molecule has 0 radical (unpaired) electrons. The Bertz CT molecular complexity index is 1290. The third-order valence-electron chi connectivity index (χ3n) is 9.03. The smallest absolute Gasteiger partial charge is 0.359 e. The van der Waals surface area contributed by atoms with Gasteiger partial charge in [-0.15, -0.1) is 0 Å².